The van der Waals surface area contributed by atoms with E-state index in [1.165, 1.54) is 44.3 Å². The predicted molar refractivity (Wildman–Crippen MR) is 82.4 cm³/mol. The van der Waals surface area contributed by atoms with Crippen molar-refractivity contribution in [3.63, 3.8) is 0 Å². The lowest BCUT2D eigenvalue weighted by molar-refractivity contribution is 0.202. The normalized spacial score (nSPS) is 26.8. The van der Waals surface area contributed by atoms with Crippen molar-refractivity contribution in [2.24, 2.45) is 17.6 Å². The van der Waals surface area contributed by atoms with E-state index in [4.69, 9.17) is 18.0 Å². The molecule has 102 valence electrons. The topological polar surface area (TPSA) is 42.1 Å². The predicted octanol–water partition coefficient (Wildman–Crippen LogP) is 2.73. The van der Waals surface area contributed by atoms with Crippen molar-refractivity contribution >= 4 is 22.9 Å². The Balaban J connectivity index is 1.75. The summed E-state index contributed by atoms with van der Waals surface area (Å²) in [4.78, 5) is 7.09. The van der Waals surface area contributed by atoms with Crippen molar-refractivity contribution in [2.45, 2.75) is 32.1 Å². The van der Waals surface area contributed by atoms with Gasteiger partial charge >= 0.3 is 0 Å². The van der Waals surface area contributed by atoms with Crippen LogP contribution in [0.2, 0.25) is 0 Å². The Labute approximate surface area is 120 Å². The van der Waals surface area contributed by atoms with Crippen LogP contribution in [-0.4, -0.2) is 23.1 Å². The van der Waals surface area contributed by atoms with Gasteiger partial charge in [0.2, 0.25) is 0 Å². The van der Waals surface area contributed by atoms with Crippen LogP contribution in [0.4, 0.5) is 5.69 Å². The molecule has 1 aliphatic carbocycles. The molecule has 19 heavy (non-hydrogen) atoms. The minimum absolute atomic E-state index is 0.384. The molecular weight excluding hydrogens is 254 g/mol. The highest BCUT2D eigenvalue weighted by Crippen LogP contribution is 2.37. The summed E-state index contributed by atoms with van der Waals surface area (Å²) in [6.45, 7) is 2.34. The van der Waals surface area contributed by atoms with Gasteiger partial charge in [-0.25, -0.2) is 0 Å². The van der Waals surface area contributed by atoms with E-state index in [1.807, 2.05) is 12.3 Å². The van der Waals surface area contributed by atoms with Crippen LogP contribution >= 0.6 is 12.2 Å². The van der Waals surface area contributed by atoms with Crippen LogP contribution in [0.3, 0.4) is 0 Å². The van der Waals surface area contributed by atoms with Crippen molar-refractivity contribution in [2.75, 3.05) is 18.0 Å². The Morgan fingerprint density at radius 2 is 2.05 bits per heavy atom. The summed E-state index contributed by atoms with van der Waals surface area (Å²) >= 11 is 5.01. The second-order valence-electron chi connectivity index (χ2n) is 5.80. The molecule has 2 unspecified atom stereocenters. The van der Waals surface area contributed by atoms with Crippen molar-refractivity contribution in [1.82, 2.24) is 4.98 Å². The molecule has 0 bridgehead atoms. The highest BCUT2D eigenvalue weighted by Gasteiger charge is 2.31. The number of rotatable bonds is 2. The molecule has 2 heterocycles. The van der Waals surface area contributed by atoms with E-state index >= 15 is 0 Å². The first-order valence-electron chi connectivity index (χ1n) is 7.25. The number of anilines is 1. The van der Waals surface area contributed by atoms with Crippen LogP contribution in [0.5, 0.6) is 0 Å². The Hall–Kier alpha value is -1.16. The van der Waals surface area contributed by atoms with Gasteiger partial charge in [0.05, 0.1) is 5.69 Å². The molecule has 1 saturated carbocycles. The lowest BCUT2D eigenvalue weighted by Gasteiger charge is -2.42. The van der Waals surface area contributed by atoms with Gasteiger partial charge in [0.15, 0.2) is 0 Å². The molecule has 0 spiro atoms. The summed E-state index contributed by atoms with van der Waals surface area (Å²) in [5.41, 5.74) is 7.63. The zero-order chi connectivity index (χ0) is 13.2. The fourth-order valence-electron chi connectivity index (χ4n) is 3.59. The first kappa shape index (κ1) is 12.9. The van der Waals surface area contributed by atoms with Gasteiger partial charge in [0, 0.05) is 25.0 Å². The molecule has 2 N–H and O–H groups in total. The monoisotopic (exact) mass is 275 g/mol. The number of piperidine rings is 1. The summed E-state index contributed by atoms with van der Waals surface area (Å²) in [6.07, 6.45) is 8.82. The summed E-state index contributed by atoms with van der Waals surface area (Å²) in [5, 5.41) is 0. The number of nitrogens with two attached hydrogens (primary N) is 1. The zero-order valence-electron chi connectivity index (χ0n) is 11.2. The number of pyridine rings is 1. The average molecular weight is 275 g/mol. The molecular formula is C15H21N3S. The fraction of sp³-hybridized carbons (Fsp3) is 0.600. The largest absolute Gasteiger partial charge is 0.388 e. The van der Waals surface area contributed by atoms with Gasteiger partial charge < -0.3 is 10.6 Å². The molecule has 1 aliphatic heterocycles. The van der Waals surface area contributed by atoms with Gasteiger partial charge in [0.25, 0.3) is 0 Å². The zero-order valence-corrected chi connectivity index (χ0v) is 12.0. The smallest absolute Gasteiger partial charge is 0.122 e. The maximum atomic E-state index is 5.67. The van der Waals surface area contributed by atoms with Crippen LogP contribution in [0.25, 0.3) is 0 Å². The van der Waals surface area contributed by atoms with Gasteiger partial charge in [-0.15, -0.1) is 0 Å². The molecule has 1 saturated heterocycles. The number of fused-ring (bicyclic) bond motifs is 1. The van der Waals surface area contributed by atoms with Crippen LogP contribution in [0.15, 0.2) is 18.3 Å². The third-order valence-electron chi connectivity index (χ3n) is 4.65. The maximum absolute atomic E-state index is 5.67. The van der Waals surface area contributed by atoms with Crippen LogP contribution in [0.1, 0.15) is 37.8 Å². The van der Waals surface area contributed by atoms with Crippen LogP contribution < -0.4 is 10.6 Å². The number of thiocarbonyl (C=S) groups is 1. The quantitative estimate of drug-likeness (QED) is 0.843. The SMILES string of the molecule is NC(=S)c1cc(N2CCC3CCCCC3C2)ccn1. The van der Waals surface area contributed by atoms with Gasteiger partial charge in [0.1, 0.15) is 4.99 Å². The van der Waals surface area contributed by atoms with Crippen molar-refractivity contribution in [1.29, 1.82) is 0 Å². The van der Waals surface area contributed by atoms with Crippen LogP contribution in [-0.2, 0) is 0 Å². The fourth-order valence-corrected chi connectivity index (χ4v) is 3.70. The molecule has 2 atom stereocenters. The van der Waals surface area contributed by atoms with Gasteiger partial charge in [-0.05, 0) is 36.8 Å². The van der Waals surface area contributed by atoms with Crippen molar-refractivity contribution in [3.05, 3.63) is 24.0 Å². The third-order valence-corrected chi connectivity index (χ3v) is 4.86. The summed E-state index contributed by atoms with van der Waals surface area (Å²) in [5.74, 6) is 1.84. The van der Waals surface area contributed by atoms with E-state index in [1.54, 1.807) is 0 Å². The summed E-state index contributed by atoms with van der Waals surface area (Å²) in [7, 11) is 0. The lowest BCUT2D eigenvalue weighted by atomic mass is 9.75. The van der Waals surface area contributed by atoms with Gasteiger partial charge in [-0.2, -0.15) is 0 Å². The molecule has 1 aromatic rings. The minimum atomic E-state index is 0.384. The van der Waals surface area contributed by atoms with E-state index in [0.29, 0.717) is 4.99 Å². The lowest BCUT2D eigenvalue weighted by Crippen LogP contribution is -2.41. The van der Waals surface area contributed by atoms with Crippen LogP contribution in [0, 0.1) is 11.8 Å². The minimum Gasteiger partial charge on any atom is -0.388 e. The highest BCUT2D eigenvalue weighted by molar-refractivity contribution is 7.80. The Morgan fingerprint density at radius 1 is 1.26 bits per heavy atom. The number of hydrogen-bond acceptors (Lipinski definition) is 3. The second kappa shape index (κ2) is 5.45. The molecule has 4 heteroatoms. The number of aromatic nitrogens is 1. The van der Waals surface area contributed by atoms with E-state index in [2.05, 4.69) is 16.0 Å². The van der Waals surface area contributed by atoms with E-state index < -0.39 is 0 Å². The van der Waals surface area contributed by atoms with Gasteiger partial charge in [-0.1, -0.05) is 31.5 Å². The molecule has 2 fully saturated rings. The van der Waals surface area contributed by atoms with E-state index in [0.717, 1.165) is 24.1 Å². The maximum Gasteiger partial charge on any atom is 0.122 e. The molecule has 0 radical (unpaired) electrons. The van der Waals surface area contributed by atoms with Crippen molar-refractivity contribution < 1.29 is 0 Å². The standard InChI is InChI=1S/C15H21N3S/c16-15(19)14-9-13(5-7-17-14)18-8-6-11-3-1-2-4-12(11)10-18/h5,7,9,11-12H,1-4,6,8,10H2,(H2,16,19). The van der Waals surface area contributed by atoms with Gasteiger partial charge in [-0.3, -0.25) is 4.98 Å². The first-order valence-corrected chi connectivity index (χ1v) is 7.65. The van der Waals surface area contributed by atoms with E-state index in [-0.39, 0.29) is 0 Å². The summed E-state index contributed by atoms with van der Waals surface area (Å²) < 4.78 is 0. The highest BCUT2D eigenvalue weighted by atomic mass is 32.1. The molecule has 2 aliphatic rings. The Bertz CT molecular complexity index is 474. The summed E-state index contributed by atoms with van der Waals surface area (Å²) in [6, 6.07) is 4.11. The molecule has 0 amide bonds. The number of nitrogens with zero attached hydrogens (tertiary/aromatic N) is 2. The van der Waals surface area contributed by atoms with E-state index in [9.17, 15) is 0 Å². The average Bonchev–Trinajstić information content (AvgIpc) is 2.47. The third kappa shape index (κ3) is 2.73. The molecule has 3 nitrogen and oxygen atoms in total. The number of hydrogen-bond donors (Lipinski definition) is 1. The molecule has 1 aromatic heterocycles. The molecule has 0 aromatic carbocycles. The Morgan fingerprint density at radius 3 is 2.84 bits per heavy atom. The molecule has 3 rings (SSSR count). The first-order chi connectivity index (χ1) is 9.24. The second-order valence-corrected chi connectivity index (χ2v) is 6.24. The van der Waals surface area contributed by atoms with Crippen molar-refractivity contribution in [3.8, 4) is 0 Å². The Kier molecular flexibility index (Phi) is 3.69.